The molecule has 8 nitrogen and oxygen atoms in total. The van der Waals surface area contributed by atoms with Gasteiger partial charge in [-0.2, -0.15) is 0 Å². The number of nitrogens with zero attached hydrogens (tertiary/aromatic N) is 4. The number of fused-ring (bicyclic) bond motifs is 1. The van der Waals surface area contributed by atoms with Crippen LogP contribution in [-0.2, 0) is 22.4 Å². The van der Waals surface area contributed by atoms with E-state index in [1.807, 2.05) is 26.1 Å². The molecule has 1 N–H and O–H groups in total. The molecule has 0 aliphatic heterocycles. The van der Waals surface area contributed by atoms with Crippen LogP contribution in [0.3, 0.4) is 0 Å². The summed E-state index contributed by atoms with van der Waals surface area (Å²) < 4.78 is 9.42. The lowest BCUT2D eigenvalue weighted by Crippen LogP contribution is -2.06. The highest BCUT2D eigenvalue weighted by Crippen LogP contribution is 2.27. The first-order chi connectivity index (χ1) is 11.6. The minimum atomic E-state index is -0.286. The van der Waals surface area contributed by atoms with Crippen LogP contribution < -0.4 is 5.32 Å². The zero-order valence-electron chi connectivity index (χ0n) is 13.7. The maximum absolute atomic E-state index is 11.3. The van der Waals surface area contributed by atoms with Gasteiger partial charge < -0.3 is 10.1 Å². The van der Waals surface area contributed by atoms with Crippen molar-refractivity contribution in [3.63, 3.8) is 0 Å². The molecule has 3 rings (SSSR count). The van der Waals surface area contributed by atoms with Gasteiger partial charge in [0.2, 0.25) is 5.65 Å². The summed E-state index contributed by atoms with van der Waals surface area (Å²) in [5.74, 6) is -0.286. The van der Waals surface area contributed by atoms with Gasteiger partial charge in [0.15, 0.2) is 5.52 Å². The van der Waals surface area contributed by atoms with Crippen molar-refractivity contribution < 1.29 is 14.2 Å². The van der Waals surface area contributed by atoms with Crippen molar-refractivity contribution >= 4 is 22.8 Å². The van der Waals surface area contributed by atoms with E-state index in [1.54, 1.807) is 6.20 Å². The van der Waals surface area contributed by atoms with Crippen molar-refractivity contribution in [2.24, 2.45) is 0 Å². The number of nitrogens with one attached hydrogen (secondary N) is 1. The lowest BCUT2D eigenvalue weighted by molar-refractivity contribution is -0.139. The number of ether oxygens (including phenoxy) is 1. The normalized spacial score (nSPS) is 10.8. The van der Waals surface area contributed by atoms with Gasteiger partial charge in [0, 0.05) is 36.6 Å². The number of pyridine rings is 2. The van der Waals surface area contributed by atoms with Crippen molar-refractivity contribution in [1.82, 2.24) is 20.3 Å². The van der Waals surface area contributed by atoms with Gasteiger partial charge in [-0.05, 0) is 28.9 Å². The molecule has 0 unspecified atom stereocenters. The van der Waals surface area contributed by atoms with Crippen LogP contribution in [0.2, 0.25) is 0 Å². The predicted octanol–water partition coefficient (Wildman–Crippen LogP) is 1.67. The third-order valence-electron chi connectivity index (χ3n) is 3.79. The zero-order valence-corrected chi connectivity index (χ0v) is 13.7. The van der Waals surface area contributed by atoms with Gasteiger partial charge in [-0.1, -0.05) is 6.07 Å². The number of aryl methyl sites for hydroxylation is 1. The highest BCUT2D eigenvalue weighted by atomic mass is 16.6. The summed E-state index contributed by atoms with van der Waals surface area (Å²) in [7, 11) is 3.19. The Bertz CT molecular complexity index is 873. The van der Waals surface area contributed by atoms with Crippen LogP contribution in [0.4, 0.5) is 5.69 Å². The fourth-order valence-electron chi connectivity index (χ4n) is 2.53. The second-order valence-corrected chi connectivity index (χ2v) is 5.32. The Morgan fingerprint density at radius 2 is 2.17 bits per heavy atom. The number of hydrogen-bond donors (Lipinski definition) is 1. The second kappa shape index (κ2) is 6.61. The van der Waals surface area contributed by atoms with Gasteiger partial charge in [-0.25, -0.2) is 9.61 Å². The molecule has 0 saturated heterocycles. The molecule has 0 saturated carbocycles. The third-order valence-corrected chi connectivity index (χ3v) is 3.79. The van der Waals surface area contributed by atoms with E-state index in [0.717, 1.165) is 28.2 Å². The third kappa shape index (κ3) is 3.03. The van der Waals surface area contributed by atoms with Gasteiger partial charge in [0.05, 0.1) is 19.2 Å². The number of carbonyl (C=O) groups excluding carboxylic acids is 1. The molecule has 0 fully saturated rings. The van der Waals surface area contributed by atoms with E-state index in [1.165, 1.54) is 7.11 Å². The van der Waals surface area contributed by atoms with Gasteiger partial charge in [0.25, 0.3) is 0 Å². The van der Waals surface area contributed by atoms with E-state index in [0.29, 0.717) is 17.6 Å². The Morgan fingerprint density at radius 3 is 2.83 bits per heavy atom. The lowest BCUT2D eigenvalue weighted by Gasteiger charge is -2.11. The smallest absolute Gasteiger partial charge is 0.310 e. The van der Waals surface area contributed by atoms with Crippen LogP contribution >= 0.6 is 0 Å². The summed E-state index contributed by atoms with van der Waals surface area (Å²) in [4.78, 5) is 20.1. The average molecular weight is 327 g/mol. The SMILES string of the molecule is CNc1c(Cc2ccc(CC(=O)OC)cn2)c(C)nc2nonc12. The maximum atomic E-state index is 11.3. The van der Waals surface area contributed by atoms with Crippen molar-refractivity contribution in [3.8, 4) is 0 Å². The number of esters is 1. The average Bonchev–Trinajstić information content (AvgIpc) is 3.04. The number of anilines is 1. The van der Waals surface area contributed by atoms with Crippen LogP contribution in [0.1, 0.15) is 22.5 Å². The van der Waals surface area contributed by atoms with E-state index in [9.17, 15) is 4.79 Å². The molecule has 0 aliphatic rings. The molecule has 0 atom stereocenters. The van der Waals surface area contributed by atoms with E-state index >= 15 is 0 Å². The molecule has 24 heavy (non-hydrogen) atoms. The summed E-state index contributed by atoms with van der Waals surface area (Å²) >= 11 is 0. The molecule has 124 valence electrons. The number of methoxy groups -OCH3 is 1. The van der Waals surface area contributed by atoms with Crippen molar-refractivity contribution in [2.75, 3.05) is 19.5 Å². The Balaban J connectivity index is 1.89. The number of rotatable bonds is 5. The summed E-state index contributed by atoms with van der Waals surface area (Å²) in [6, 6.07) is 3.76. The highest BCUT2D eigenvalue weighted by molar-refractivity contribution is 5.87. The summed E-state index contributed by atoms with van der Waals surface area (Å²) in [6.45, 7) is 1.91. The first-order valence-corrected chi connectivity index (χ1v) is 7.42. The van der Waals surface area contributed by atoms with Crippen LogP contribution in [-0.4, -0.2) is 40.4 Å². The molecule has 0 amide bonds. The monoisotopic (exact) mass is 327 g/mol. The van der Waals surface area contributed by atoms with E-state index in [4.69, 9.17) is 4.63 Å². The first-order valence-electron chi connectivity index (χ1n) is 7.42. The zero-order chi connectivity index (χ0) is 17.1. The second-order valence-electron chi connectivity index (χ2n) is 5.32. The maximum Gasteiger partial charge on any atom is 0.310 e. The molecule has 8 heteroatoms. The predicted molar refractivity (Wildman–Crippen MR) is 86.6 cm³/mol. The number of aromatic nitrogens is 4. The molecule has 0 aliphatic carbocycles. The fraction of sp³-hybridized carbons (Fsp3) is 0.312. The first kappa shape index (κ1) is 15.9. The Morgan fingerprint density at radius 1 is 1.33 bits per heavy atom. The summed E-state index contributed by atoms with van der Waals surface area (Å²) in [5.41, 5.74) is 5.39. The molecule has 3 aromatic heterocycles. The van der Waals surface area contributed by atoms with Crippen molar-refractivity contribution in [3.05, 3.63) is 40.8 Å². The van der Waals surface area contributed by atoms with Crippen molar-refractivity contribution in [2.45, 2.75) is 19.8 Å². The van der Waals surface area contributed by atoms with E-state index in [-0.39, 0.29) is 12.4 Å². The van der Waals surface area contributed by atoms with Gasteiger partial charge >= 0.3 is 5.97 Å². The van der Waals surface area contributed by atoms with Gasteiger partial charge in [-0.15, -0.1) is 0 Å². The summed E-state index contributed by atoms with van der Waals surface area (Å²) in [6.07, 6.45) is 2.48. The van der Waals surface area contributed by atoms with Crippen LogP contribution in [0.15, 0.2) is 23.0 Å². The van der Waals surface area contributed by atoms with Crippen LogP contribution in [0.5, 0.6) is 0 Å². The Labute approximate surface area is 138 Å². The molecule has 0 spiro atoms. The highest BCUT2D eigenvalue weighted by Gasteiger charge is 2.16. The quantitative estimate of drug-likeness (QED) is 0.706. The fourth-order valence-corrected chi connectivity index (χ4v) is 2.53. The van der Waals surface area contributed by atoms with E-state index in [2.05, 4.69) is 30.3 Å². The molecular weight excluding hydrogens is 310 g/mol. The molecule has 0 radical (unpaired) electrons. The summed E-state index contributed by atoms with van der Waals surface area (Å²) in [5, 5.41) is 10.8. The lowest BCUT2D eigenvalue weighted by atomic mass is 10.0. The largest absolute Gasteiger partial charge is 0.469 e. The molecule has 3 heterocycles. The van der Waals surface area contributed by atoms with Gasteiger partial charge in [0.1, 0.15) is 0 Å². The molecule has 3 aromatic rings. The standard InChI is InChI=1S/C16H17N5O3/c1-9-12(14(17-2)15-16(19-9)21-24-20-15)7-11-5-4-10(8-18-11)6-13(22)23-3/h4-5,8,17H,6-7H2,1-3H3. The Kier molecular flexibility index (Phi) is 4.37. The van der Waals surface area contributed by atoms with Crippen LogP contribution in [0.25, 0.3) is 11.2 Å². The van der Waals surface area contributed by atoms with Crippen molar-refractivity contribution in [1.29, 1.82) is 0 Å². The van der Waals surface area contributed by atoms with E-state index < -0.39 is 0 Å². The number of carbonyl (C=O) groups is 1. The van der Waals surface area contributed by atoms with Gasteiger partial charge in [-0.3, -0.25) is 9.78 Å². The topological polar surface area (TPSA) is 103 Å². The molecule has 0 bridgehead atoms. The minimum absolute atomic E-state index is 0.211. The Hall–Kier alpha value is -3.03. The minimum Gasteiger partial charge on any atom is -0.469 e. The molecule has 0 aromatic carbocycles. The number of hydrogen-bond acceptors (Lipinski definition) is 8. The molecular formula is C16H17N5O3. The van der Waals surface area contributed by atoms with Crippen LogP contribution in [0, 0.1) is 6.92 Å².